The van der Waals surface area contributed by atoms with E-state index in [1.54, 1.807) is 11.8 Å². The lowest BCUT2D eigenvalue weighted by Gasteiger charge is -2.16. The van der Waals surface area contributed by atoms with E-state index >= 15 is 0 Å². The maximum atomic E-state index is 12.4. The van der Waals surface area contributed by atoms with E-state index in [1.165, 1.54) is 12.1 Å². The van der Waals surface area contributed by atoms with Crippen LogP contribution in [0.1, 0.15) is 40.5 Å². The van der Waals surface area contributed by atoms with E-state index in [-0.39, 0.29) is 30.5 Å². The second kappa shape index (κ2) is 9.31. The summed E-state index contributed by atoms with van der Waals surface area (Å²) in [6.07, 6.45) is -0.0528. The van der Waals surface area contributed by atoms with Crippen molar-refractivity contribution in [2.45, 2.75) is 25.8 Å². The van der Waals surface area contributed by atoms with E-state index in [4.69, 9.17) is 0 Å². The molecule has 0 saturated heterocycles. The number of hydrogen-bond acceptors (Lipinski definition) is 7. The Kier molecular flexibility index (Phi) is 7.10. The maximum absolute atomic E-state index is 12.4. The molecule has 150 valence electrons. The third kappa shape index (κ3) is 4.66. The molecule has 10 nitrogen and oxygen atoms in total. The number of carbonyl (C=O) groups excluding carboxylic acids is 3. The number of thioether (sulfide) groups is 1. The predicted octanol–water partition coefficient (Wildman–Crippen LogP) is 1.29. The Hall–Kier alpha value is -2.95. The molecular formula is C17H19N3O7S. The number of carbonyl (C=O) groups is 4. The lowest BCUT2D eigenvalue weighted by atomic mass is 10.1. The standard InChI is InChI=1S/C17H19N3O7S/c1-2-28-9-7-11(17(24)25)18-13(21)6-8-19-15(22)10-4-3-5-12(20(26)27)14(10)16(19)23/h3-5,11H,2,6-9H2,1H3,(H,18,21)(H,24,25). The van der Waals surface area contributed by atoms with Crippen molar-refractivity contribution >= 4 is 41.1 Å². The quantitative estimate of drug-likeness (QED) is 0.254. The van der Waals surface area contributed by atoms with Gasteiger partial charge in [0, 0.05) is 19.0 Å². The molecule has 2 N–H and O–H groups in total. The van der Waals surface area contributed by atoms with Gasteiger partial charge in [-0.15, -0.1) is 0 Å². The number of nitro benzene ring substituents is 1. The summed E-state index contributed by atoms with van der Waals surface area (Å²) in [5, 5.41) is 22.6. The van der Waals surface area contributed by atoms with Gasteiger partial charge in [0.05, 0.1) is 10.5 Å². The van der Waals surface area contributed by atoms with E-state index in [2.05, 4.69) is 5.32 Å². The lowest BCUT2D eigenvalue weighted by Crippen LogP contribution is -2.43. The zero-order valence-corrected chi connectivity index (χ0v) is 15.9. The van der Waals surface area contributed by atoms with Crippen molar-refractivity contribution in [3.05, 3.63) is 39.4 Å². The number of amides is 3. The summed E-state index contributed by atoms with van der Waals surface area (Å²) in [6.45, 7) is 1.64. The Bertz CT molecular complexity index is 827. The number of rotatable bonds is 10. The van der Waals surface area contributed by atoms with Crippen LogP contribution in [0.2, 0.25) is 0 Å². The zero-order valence-electron chi connectivity index (χ0n) is 15.0. The molecule has 28 heavy (non-hydrogen) atoms. The molecule has 1 unspecified atom stereocenters. The number of hydrogen-bond donors (Lipinski definition) is 2. The minimum atomic E-state index is -1.17. The van der Waals surface area contributed by atoms with Gasteiger partial charge in [-0.25, -0.2) is 4.79 Å². The van der Waals surface area contributed by atoms with Crippen LogP contribution in [0.25, 0.3) is 0 Å². The normalized spacial score (nSPS) is 14.0. The molecule has 0 aliphatic carbocycles. The van der Waals surface area contributed by atoms with Crippen molar-refractivity contribution < 1.29 is 29.2 Å². The molecule has 1 aliphatic rings. The first kappa shape index (κ1) is 21.4. The average Bonchev–Trinajstić information content (AvgIpc) is 2.89. The SMILES string of the molecule is CCSCCC(NC(=O)CCN1C(=O)c2cccc([N+](=O)[O-])c2C1=O)C(=O)O. The van der Waals surface area contributed by atoms with Crippen molar-refractivity contribution in [2.24, 2.45) is 0 Å². The molecule has 1 aromatic carbocycles. The minimum Gasteiger partial charge on any atom is -0.480 e. The maximum Gasteiger partial charge on any atom is 0.326 e. The van der Waals surface area contributed by atoms with Crippen molar-refractivity contribution in [1.82, 2.24) is 10.2 Å². The minimum absolute atomic E-state index is 0.0837. The Morgan fingerprint density at radius 3 is 2.64 bits per heavy atom. The molecule has 0 spiro atoms. The Balaban J connectivity index is 2.01. The molecule has 0 radical (unpaired) electrons. The number of nitrogens with one attached hydrogen (secondary N) is 1. The number of nitro groups is 1. The van der Waals surface area contributed by atoms with Gasteiger partial charge in [0.25, 0.3) is 17.5 Å². The van der Waals surface area contributed by atoms with Gasteiger partial charge >= 0.3 is 5.97 Å². The summed E-state index contributed by atoms with van der Waals surface area (Å²) in [6, 6.07) is 2.69. The molecule has 1 aromatic rings. The number of carboxylic acids is 1. The van der Waals surface area contributed by atoms with Gasteiger partial charge in [-0.3, -0.25) is 29.4 Å². The van der Waals surface area contributed by atoms with Crippen LogP contribution in [-0.4, -0.2) is 62.7 Å². The Labute approximate surface area is 164 Å². The van der Waals surface area contributed by atoms with Crippen LogP contribution in [-0.2, 0) is 9.59 Å². The highest BCUT2D eigenvalue weighted by Gasteiger charge is 2.40. The van der Waals surface area contributed by atoms with E-state index in [0.29, 0.717) is 5.75 Å². The van der Waals surface area contributed by atoms with Gasteiger partial charge in [0.1, 0.15) is 11.6 Å². The van der Waals surface area contributed by atoms with E-state index < -0.39 is 40.3 Å². The van der Waals surface area contributed by atoms with Crippen LogP contribution in [0, 0.1) is 10.1 Å². The first-order valence-electron chi connectivity index (χ1n) is 8.51. The van der Waals surface area contributed by atoms with Gasteiger partial charge in [-0.1, -0.05) is 13.0 Å². The number of nitrogens with zero attached hydrogens (tertiary/aromatic N) is 2. The van der Waals surface area contributed by atoms with E-state index in [9.17, 15) is 34.4 Å². The molecule has 3 amide bonds. The molecule has 0 fully saturated rings. The van der Waals surface area contributed by atoms with Crippen molar-refractivity contribution in [1.29, 1.82) is 0 Å². The molecule has 11 heteroatoms. The highest BCUT2D eigenvalue weighted by molar-refractivity contribution is 7.99. The third-order valence-corrected chi connectivity index (χ3v) is 5.06. The van der Waals surface area contributed by atoms with Crippen molar-refractivity contribution in [3.8, 4) is 0 Å². The summed E-state index contributed by atoms with van der Waals surface area (Å²) in [5.74, 6) is -1.96. The van der Waals surface area contributed by atoms with Gasteiger partial charge in [0.15, 0.2) is 0 Å². The summed E-state index contributed by atoms with van der Waals surface area (Å²) < 4.78 is 0. The predicted molar refractivity (Wildman–Crippen MR) is 100 cm³/mol. The Morgan fingerprint density at radius 1 is 1.32 bits per heavy atom. The molecule has 1 atom stereocenters. The fourth-order valence-electron chi connectivity index (χ4n) is 2.75. The fraction of sp³-hybridized carbons (Fsp3) is 0.412. The molecule has 1 heterocycles. The lowest BCUT2D eigenvalue weighted by molar-refractivity contribution is -0.385. The first-order valence-corrected chi connectivity index (χ1v) is 9.66. The third-order valence-electron chi connectivity index (χ3n) is 4.12. The van der Waals surface area contributed by atoms with Crippen LogP contribution >= 0.6 is 11.8 Å². The fourth-order valence-corrected chi connectivity index (χ4v) is 3.44. The van der Waals surface area contributed by atoms with Crippen LogP contribution in [0.4, 0.5) is 5.69 Å². The van der Waals surface area contributed by atoms with Crippen LogP contribution in [0.15, 0.2) is 18.2 Å². The number of aliphatic carboxylic acids is 1. The molecule has 0 aromatic heterocycles. The number of benzene rings is 1. The largest absolute Gasteiger partial charge is 0.480 e. The van der Waals surface area contributed by atoms with E-state index in [1.807, 2.05) is 6.92 Å². The Morgan fingerprint density at radius 2 is 2.04 bits per heavy atom. The smallest absolute Gasteiger partial charge is 0.326 e. The van der Waals surface area contributed by atoms with Crippen molar-refractivity contribution in [3.63, 3.8) is 0 Å². The summed E-state index contributed by atoms with van der Waals surface area (Å²) in [7, 11) is 0. The van der Waals surface area contributed by atoms with Gasteiger partial charge < -0.3 is 10.4 Å². The van der Waals surface area contributed by atoms with Gasteiger partial charge in [0.2, 0.25) is 5.91 Å². The number of carboxylic acid groups (broad SMARTS) is 1. The van der Waals surface area contributed by atoms with E-state index in [0.717, 1.165) is 16.7 Å². The summed E-state index contributed by atoms with van der Waals surface area (Å²) >= 11 is 1.54. The molecular weight excluding hydrogens is 390 g/mol. The zero-order chi connectivity index (χ0) is 20.8. The second-order valence-corrected chi connectivity index (χ2v) is 7.31. The van der Waals surface area contributed by atoms with Gasteiger partial charge in [-0.2, -0.15) is 11.8 Å². The van der Waals surface area contributed by atoms with Crippen LogP contribution < -0.4 is 5.32 Å². The highest BCUT2D eigenvalue weighted by Crippen LogP contribution is 2.30. The molecule has 0 bridgehead atoms. The number of fused-ring (bicyclic) bond motifs is 1. The second-order valence-electron chi connectivity index (χ2n) is 5.91. The highest BCUT2D eigenvalue weighted by atomic mass is 32.2. The van der Waals surface area contributed by atoms with Crippen molar-refractivity contribution in [2.75, 3.05) is 18.1 Å². The summed E-state index contributed by atoms with van der Waals surface area (Å²) in [4.78, 5) is 59.2. The molecule has 0 saturated carbocycles. The monoisotopic (exact) mass is 409 g/mol. The molecule has 2 rings (SSSR count). The molecule has 1 aliphatic heterocycles. The first-order chi connectivity index (χ1) is 13.3. The number of imide groups is 1. The van der Waals surface area contributed by atoms with Crippen LogP contribution in [0.5, 0.6) is 0 Å². The van der Waals surface area contributed by atoms with Gasteiger partial charge in [-0.05, 0) is 24.0 Å². The summed E-state index contributed by atoms with van der Waals surface area (Å²) in [5.41, 5.74) is -0.848. The topological polar surface area (TPSA) is 147 Å². The van der Waals surface area contributed by atoms with Crippen LogP contribution in [0.3, 0.4) is 0 Å². The average molecular weight is 409 g/mol.